The van der Waals surface area contributed by atoms with Crippen LogP contribution in [0, 0.1) is 5.82 Å². The van der Waals surface area contributed by atoms with Crippen LogP contribution in [0.3, 0.4) is 0 Å². The monoisotopic (exact) mass is 265 g/mol. The van der Waals surface area contributed by atoms with Gasteiger partial charge in [-0.05, 0) is 50.1 Å². The first-order chi connectivity index (χ1) is 9.28. The van der Waals surface area contributed by atoms with Crippen molar-refractivity contribution in [2.24, 2.45) is 0 Å². The molecule has 1 aliphatic rings. The van der Waals surface area contributed by atoms with Gasteiger partial charge in [0, 0.05) is 13.1 Å². The second-order valence-electron chi connectivity index (χ2n) is 5.32. The van der Waals surface area contributed by atoms with E-state index in [1.54, 1.807) is 12.1 Å². The molecule has 3 heteroatoms. The van der Waals surface area contributed by atoms with Gasteiger partial charge in [-0.2, -0.15) is 0 Å². The molecule has 0 N–H and O–H groups in total. The molecule has 2 rings (SSSR count). The van der Waals surface area contributed by atoms with E-state index >= 15 is 0 Å². The Kier molecular flexibility index (Phi) is 5.64. The first kappa shape index (κ1) is 14.3. The number of halogens is 1. The second kappa shape index (κ2) is 7.49. The van der Waals surface area contributed by atoms with E-state index in [2.05, 4.69) is 11.8 Å². The molecule has 19 heavy (non-hydrogen) atoms. The molecule has 0 spiro atoms. The van der Waals surface area contributed by atoms with Gasteiger partial charge in [-0.25, -0.2) is 4.39 Å². The lowest BCUT2D eigenvalue weighted by Crippen LogP contribution is -2.38. The standard InChI is InChI=1S/C16H24FNO/c1-2-3-4-11-18-12-9-16(10-13-18)19-15-7-5-14(17)6-8-15/h5-8,16H,2-4,9-13H2,1H3. The Bertz CT molecular complexity index is 358. The quantitative estimate of drug-likeness (QED) is 0.724. The average Bonchev–Trinajstić information content (AvgIpc) is 2.44. The van der Waals surface area contributed by atoms with Gasteiger partial charge in [0.1, 0.15) is 17.7 Å². The van der Waals surface area contributed by atoms with Gasteiger partial charge in [-0.15, -0.1) is 0 Å². The van der Waals surface area contributed by atoms with Crippen LogP contribution in [0.15, 0.2) is 24.3 Å². The average molecular weight is 265 g/mol. The van der Waals surface area contributed by atoms with Crippen molar-refractivity contribution in [1.29, 1.82) is 0 Å². The van der Waals surface area contributed by atoms with Crippen molar-refractivity contribution in [3.63, 3.8) is 0 Å². The van der Waals surface area contributed by atoms with Crippen LogP contribution in [0.5, 0.6) is 5.75 Å². The molecule has 106 valence electrons. The van der Waals surface area contributed by atoms with E-state index in [0.29, 0.717) is 0 Å². The van der Waals surface area contributed by atoms with Crippen LogP contribution in [-0.2, 0) is 0 Å². The van der Waals surface area contributed by atoms with Crippen LogP contribution >= 0.6 is 0 Å². The molecular formula is C16H24FNO. The number of hydrogen-bond donors (Lipinski definition) is 0. The van der Waals surface area contributed by atoms with Crippen LogP contribution in [0.1, 0.15) is 39.0 Å². The summed E-state index contributed by atoms with van der Waals surface area (Å²) in [5.41, 5.74) is 0. The number of piperidine rings is 1. The molecule has 1 aromatic rings. The third-order valence-corrected chi connectivity index (χ3v) is 3.73. The number of unbranched alkanes of at least 4 members (excludes halogenated alkanes) is 2. The molecule has 0 unspecified atom stereocenters. The molecule has 0 saturated carbocycles. The van der Waals surface area contributed by atoms with Crippen molar-refractivity contribution < 1.29 is 9.13 Å². The summed E-state index contributed by atoms with van der Waals surface area (Å²) in [6, 6.07) is 6.33. The van der Waals surface area contributed by atoms with Crippen molar-refractivity contribution in [2.75, 3.05) is 19.6 Å². The minimum atomic E-state index is -0.210. The van der Waals surface area contributed by atoms with Gasteiger partial charge < -0.3 is 9.64 Å². The fraction of sp³-hybridized carbons (Fsp3) is 0.625. The first-order valence-corrected chi connectivity index (χ1v) is 7.42. The van der Waals surface area contributed by atoms with E-state index < -0.39 is 0 Å². The SMILES string of the molecule is CCCCCN1CCC(Oc2ccc(F)cc2)CC1. The van der Waals surface area contributed by atoms with Gasteiger partial charge in [-0.3, -0.25) is 0 Å². The van der Waals surface area contributed by atoms with E-state index in [1.165, 1.54) is 37.9 Å². The molecule has 0 amide bonds. The number of rotatable bonds is 6. The maximum absolute atomic E-state index is 12.8. The van der Waals surface area contributed by atoms with E-state index in [1.807, 2.05) is 0 Å². The van der Waals surface area contributed by atoms with Gasteiger partial charge >= 0.3 is 0 Å². The zero-order chi connectivity index (χ0) is 13.5. The Morgan fingerprint density at radius 1 is 1.16 bits per heavy atom. The van der Waals surface area contributed by atoms with Crippen molar-refractivity contribution in [3.8, 4) is 5.75 Å². The third-order valence-electron chi connectivity index (χ3n) is 3.73. The minimum Gasteiger partial charge on any atom is -0.490 e. The van der Waals surface area contributed by atoms with E-state index in [0.717, 1.165) is 31.7 Å². The first-order valence-electron chi connectivity index (χ1n) is 7.42. The summed E-state index contributed by atoms with van der Waals surface area (Å²) in [5, 5.41) is 0. The maximum Gasteiger partial charge on any atom is 0.123 e. The van der Waals surface area contributed by atoms with Crippen LogP contribution in [0.25, 0.3) is 0 Å². The Labute approximate surface area is 115 Å². The molecule has 1 heterocycles. The molecule has 1 fully saturated rings. The highest BCUT2D eigenvalue weighted by Crippen LogP contribution is 2.19. The predicted molar refractivity (Wildman–Crippen MR) is 76.0 cm³/mol. The Hall–Kier alpha value is -1.09. The predicted octanol–water partition coefficient (Wildman–Crippen LogP) is 3.86. The summed E-state index contributed by atoms with van der Waals surface area (Å²) in [7, 11) is 0. The van der Waals surface area contributed by atoms with Gasteiger partial charge in [0.15, 0.2) is 0 Å². The van der Waals surface area contributed by atoms with Gasteiger partial charge in [0.25, 0.3) is 0 Å². The summed E-state index contributed by atoms with van der Waals surface area (Å²) >= 11 is 0. The van der Waals surface area contributed by atoms with Crippen LogP contribution in [-0.4, -0.2) is 30.6 Å². The molecule has 0 bridgehead atoms. The Morgan fingerprint density at radius 2 is 1.84 bits per heavy atom. The molecular weight excluding hydrogens is 241 g/mol. The molecule has 0 aromatic heterocycles. The second-order valence-corrected chi connectivity index (χ2v) is 5.32. The highest BCUT2D eigenvalue weighted by molar-refractivity contribution is 5.22. The van der Waals surface area contributed by atoms with Crippen LogP contribution in [0.2, 0.25) is 0 Å². The number of nitrogens with zero attached hydrogens (tertiary/aromatic N) is 1. The number of likely N-dealkylation sites (tertiary alicyclic amines) is 1. The highest BCUT2D eigenvalue weighted by atomic mass is 19.1. The minimum absolute atomic E-state index is 0.210. The molecule has 0 aliphatic carbocycles. The van der Waals surface area contributed by atoms with Gasteiger partial charge in [0.05, 0.1) is 0 Å². The van der Waals surface area contributed by atoms with Gasteiger partial charge in [0.2, 0.25) is 0 Å². The largest absolute Gasteiger partial charge is 0.490 e. The molecule has 1 saturated heterocycles. The van der Waals surface area contributed by atoms with Crippen LogP contribution in [0.4, 0.5) is 4.39 Å². The molecule has 1 aliphatic heterocycles. The van der Waals surface area contributed by atoms with E-state index in [9.17, 15) is 4.39 Å². The zero-order valence-corrected chi connectivity index (χ0v) is 11.8. The summed E-state index contributed by atoms with van der Waals surface area (Å²) in [4.78, 5) is 2.53. The van der Waals surface area contributed by atoms with E-state index in [4.69, 9.17) is 4.74 Å². The van der Waals surface area contributed by atoms with Crippen LogP contribution < -0.4 is 4.74 Å². The summed E-state index contributed by atoms with van der Waals surface area (Å²) in [5.74, 6) is 0.573. The maximum atomic E-state index is 12.8. The smallest absolute Gasteiger partial charge is 0.123 e. The van der Waals surface area contributed by atoms with Crippen molar-refractivity contribution in [3.05, 3.63) is 30.1 Å². The van der Waals surface area contributed by atoms with Crippen molar-refractivity contribution in [1.82, 2.24) is 4.90 Å². The van der Waals surface area contributed by atoms with E-state index in [-0.39, 0.29) is 11.9 Å². The topological polar surface area (TPSA) is 12.5 Å². The van der Waals surface area contributed by atoms with Crippen molar-refractivity contribution in [2.45, 2.75) is 45.1 Å². The lowest BCUT2D eigenvalue weighted by Gasteiger charge is -2.32. The fourth-order valence-electron chi connectivity index (χ4n) is 2.54. The molecule has 1 aromatic carbocycles. The number of ether oxygens (including phenoxy) is 1. The van der Waals surface area contributed by atoms with Crippen molar-refractivity contribution >= 4 is 0 Å². The highest BCUT2D eigenvalue weighted by Gasteiger charge is 2.19. The number of benzene rings is 1. The molecule has 0 atom stereocenters. The Balaban J connectivity index is 1.69. The lowest BCUT2D eigenvalue weighted by molar-refractivity contribution is 0.0995. The summed E-state index contributed by atoms with van der Waals surface area (Å²) in [6.07, 6.45) is 6.34. The third kappa shape index (κ3) is 4.83. The summed E-state index contributed by atoms with van der Waals surface area (Å²) < 4.78 is 18.7. The molecule has 2 nitrogen and oxygen atoms in total. The lowest BCUT2D eigenvalue weighted by atomic mass is 10.1. The van der Waals surface area contributed by atoms with Gasteiger partial charge in [-0.1, -0.05) is 19.8 Å². The molecule has 0 radical (unpaired) electrons. The number of hydrogen-bond acceptors (Lipinski definition) is 2. The summed E-state index contributed by atoms with van der Waals surface area (Å²) in [6.45, 7) is 5.70. The zero-order valence-electron chi connectivity index (χ0n) is 11.8. The Morgan fingerprint density at radius 3 is 2.47 bits per heavy atom. The normalized spacial score (nSPS) is 17.6. The fourth-order valence-corrected chi connectivity index (χ4v) is 2.54.